The number of piperazine rings is 1. The van der Waals surface area contributed by atoms with Crippen LogP contribution < -0.4 is 10.2 Å². The predicted molar refractivity (Wildman–Crippen MR) is 103 cm³/mol. The molecule has 0 spiro atoms. The van der Waals surface area contributed by atoms with Crippen LogP contribution >= 0.6 is 23.7 Å². The number of hydrogen-bond donors (Lipinski definition) is 1. The van der Waals surface area contributed by atoms with E-state index in [2.05, 4.69) is 37.2 Å². The molecule has 2 aromatic heterocycles. The molecule has 6 nitrogen and oxygen atoms in total. The van der Waals surface area contributed by atoms with Gasteiger partial charge in [0.05, 0.1) is 13.2 Å². The van der Waals surface area contributed by atoms with Crippen LogP contribution in [-0.2, 0) is 11.3 Å². The number of ether oxygens (including phenoxy) is 1. The van der Waals surface area contributed by atoms with E-state index in [9.17, 15) is 0 Å². The van der Waals surface area contributed by atoms with E-state index in [1.807, 2.05) is 29.9 Å². The van der Waals surface area contributed by atoms with Crippen molar-refractivity contribution in [2.24, 2.45) is 0 Å². The van der Waals surface area contributed by atoms with Crippen molar-refractivity contribution in [3.05, 3.63) is 41.2 Å². The van der Waals surface area contributed by atoms with E-state index in [1.165, 1.54) is 10.4 Å². The summed E-state index contributed by atoms with van der Waals surface area (Å²) in [5.41, 5.74) is 1.33. The quantitative estimate of drug-likeness (QED) is 0.873. The highest BCUT2D eigenvalue weighted by Gasteiger charge is 2.24. The fourth-order valence-corrected chi connectivity index (χ4v) is 4.31. The third-order valence-electron chi connectivity index (χ3n) is 4.63. The number of morpholine rings is 1. The molecule has 0 aliphatic carbocycles. The number of nitrogens with one attached hydrogen (secondary N) is 1. The molecule has 2 aliphatic rings. The first-order chi connectivity index (χ1) is 11.9. The Labute approximate surface area is 158 Å². The van der Waals surface area contributed by atoms with Crippen molar-refractivity contribution in [1.29, 1.82) is 0 Å². The van der Waals surface area contributed by atoms with Crippen molar-refractivity contribution in [3.63, 3.8) is 0 Å². The topological polar surface area (TPSA) is 53.5 Å². The number of thiazole rings is 1. The molecule has 1 unspecified atom stereocenters. The second-order valence-electron chi connectivity index (χ2n) is 6.18. The largest absolute Gasteiger partial charge is 0.378 e. The third kappa shape index (κ3) is 4.48. The molecule has 0 aromatic carbocycles. The van der Waals surface area contributed by atoms with Crippen LogP contribution in [-0.4, -0.2) is 60.8 Å². The smallest absolute Gasteiger partial charge is 0.185 e. The summed E-state index contributed by atoms with van der Waals surface area (Å²) in [5, 5.41) is 4.64. The maximum atomic E-state index is 5.43. The Morgan fingerprint density at radius 1 is 1.20 bits per heavy atom. The van der Waals surface area contributed by atoms with Gasteiger partial charge in [0.2, 0.25) is 0 Å². The summed E-state index contributed by atoms with van der Waals surface area (Å²) in [7, 11) is 0. The standard InChI is InChI=1S/C17H23N5OS.ClH/c1-3-18-4-2-14(1)16-12-19-5-6-22(16)13-15-11-20-17(24-15)21-7-9-23-10-8-21;/h1-4,11,16,19H,5-10,12-13H2;1H. The maximum absolute atomic E-state index is 5.43. The number of pyridine rings is 1. The van der Waals surface area contributed by atoms with Gasteiger partial charge < -0.3 is 15.0 Å². The second-order valence-corrected chi connectivity index (χ2v) is 7.27. The normalized spacial score (nSPS) is 21.8. The maximum Gasteiger partial charge on any atom is 0.185 e. The Hall–Kier alpha value is -1.25. The van der Waals surface area contributed by atoms with Crippen LogP contribution in [0.2, 0.25) is 0 Å². The monoisotopic (exact) mass is 381 g/mol. The molecule has 1 atom stereocenters. The van der Waals surface area contributed by atoms with E-state index in [4.69, 9.17) is 4.74 Å². The van der Waals surface area contributed by atoms with Gasteiger partial charge in [0.1, 0.15) is 0 Å². The number of nitrogens with zero attached hydrogens (tertiary/aromatic N) is 4. The lowest BCUT2D eigenvalue weighted by molar-refractivity contribution is 0.122. The lowest BCUT2D eigenvalue weighted by Crippen LogP contribution is -2.45. The predicted octanol–water partition coefficient (Wildman–Crippen LogP) is 1.94. The molecule has 1 N–H and O–H groups in total. The van der Waals surface area contributed by atoms with Crippen LogP contribution in [0.1, 0.15) is 16.5 Å². The van der Waals surface area contributed by atoms with Crippen molar-refractivity contribution >= 4 is 28.9 Å². The van der Waals surface area contributed by atoms with Crippen LogP contribution in [0.25, 0.3) is 0 Å². The summed E-state index contributed by atoms with van der Waals surface area (Å²) in [5.74, 6) is 0. The first-order valence-corrected chi connectivity index (χ1v) is 9.34. The molecule has 136 valence electrons. The van der Waals surface area contributed by atoms with Gasteiger partial charge in [-0.05, 0) is 17.7 Å². The third-order valence-corrected chi connectivity index (χ3v) is 5.67. The van der Waals surface area contributed by atoms with E-state index < -0.39 is 0 Å². The number of hydrogen-bond acceptors (Lipinski definition) is 7. The minimum atomic E-state index is 0. The first kappa shape index (κ1) is 18.5. The summed E-state index contributed by atoms with van der Waals surface area (Å²) < 4.78 is 5.43. The van der Waals surface area contributed by atoms with E-state index in [0.29, 0.717) is 6.04 Å². The molecular formula is C17H24ClN5OS. The van der Waals surface area contributed by atoms with E-state index in [0.717, 1.165) is 57.6 Å². The Morgan fingerprint density at radius 2 is 2.00 bits per heavy atom. The highest BCUT2D eigenvalue weighted by molar-refractivity contribution is 7.15. The Bertz CT molecular complexity index is 649. The molecule has 4 heterocycles. The van der Waals surface area contributed by atoms with Gasteiger partial charge in [0, 0.05) is 68.8 Å². The number of aromatic nitrogens is 2. The summed E-state index contributed by atoms with van der Waals surface area (Å²) in [6.07, 6.45) is 5.80. The lowest BCUT2D eigenvalue weighted by Gasteiger charge is -2.36. The molecule has 25 heavy (non-hydrogen) atoms. The molecule has 0 bridgehead atoms. The lowest BCUT2D eigenvalue weighted by atomic mass is 10.0. The van der Waals surface area contributed by atoms with E-state index in [-0.39, 0.29) is 12.4 Å². The van der Waals surface area contributed by atoms with Gasteiger partial charge in [-0.15, -0.1) is 23.7 Å². The Kier molecular flexibility index (Phi) is 6.61. The second kappa shape index (κ2) is 8.91. The fourth-order valence-electron chi connectivity index (χ4n) is 3.32. The van der Waals surface area contributed by atoms with Crippen LogP contribution in [0, 0.1) is 0 Å². The van der Waals surface area contributed by atoms with Crippen molar-refractivity contribution in [2.45, 2.75) is 12.6 Å². The van der Waals surface area contributed by atoms with Crippen LogP contribution in [0.5, 0.6) is 0 Å². The summed E-state index contributed by atoms with van der Waals surface area (Å²) in [6, 6.07) is 4.64. The van der Waals surface area contributed by atoms with Crippen LogP contribution in [0.3, 0.4) is 0 Å². The summed E-state index contributed by atoms with van der Waals surface area (Å²) in [4.78, 5) is 15.0. The minimum Gasteiger partial charge on any atom is -0.378 e. The SMILES string of the molecule is Cl.c1cc(C2CNCCN2Cc2cnc(N3CCOCC3)s2)ccn1. The van der Waals surface area contributed by atoms with Crippen molar-refractivity contribution in [3.8, 4) is 0 Å². The average molecular weight is 382 g/mol. The zero-order valence-electron chi connectivity index (χ0n) is 14.1. The molecule has 8 heteroatoms. The van der Waals surface area contributed by atoms with Gasteiger partial charge in [-0.25, -0.2) is 4.98 Å². The van der Waals surface area contributed by atoms with Gasteiger partial charge in [-0.3, -0.25) is 9.88 Å². The number of halogens is 1. The Morgan fingerprint density at radius 3 is 2.80 bits per heavy atom. The number of anilines is 1. The van der Waals surface area contributed by atoms with Crippen molar-refractivity contribution in [2.75, 3.05) is 50.8 Å². The Balaban J connectivity index is 0.00000182. The average Bonchev–Trinajstić information content (AvgIpc) is 3.12. The van der Waals surface area contributed by atoms with Crippen LogP contribution in [0.4, 0.5) is 5.13 Å². The van der Waals surface area contributed by atoms with E-state index in [1.54, 1.807) is 0 Å². The van der Waals surface area contributed by atoms with Gasteiger partial charge in [-0.2, -0.15) is 0 Å². The van der Waals surface area contributed by atoms with Crippen molar-refractivity contribution in [1.82, 2.24) is 20.2 Å². The van der Waals surface area contributed by atoms with Crippen molar-refractivity contribution < 1.29 is 4.74 Å². The molecule has 2 fully saturated rings. The van der Waals surface area contributed by atoms with Gasteiger partial charge in [0.15, 0.2) is 5.13 Å². The van der Waals surface area contributed by atoms with Crippen LogP contribution in [0.15, 0.2) is 30.7 Å². The zero-order valence-corrected chi connectivity index (χ0v) is 15.8. The summed E-state index contributed by atoms with van der Waals surface area (Å²) >= 11 is 1.82. The van der Waals surface area contributed by atoms with Gasteiger partial charge in [-0.1, -0.05) is 0 Å². The summed E-state index contributed by atoms with van der Waals surface area (Å²) in [6.45, 7) is 7.53. The highest BCUT2D eigenvalue weighted by atomic mass is 35.5. The molecule has 0 saturated carbocycles. The number of rotatable bonds is 4. The van der Waals surface area contributed by atoms with Gasteiger partial charge in [0.25, 0.3) is 0 Å². The highest BCUT2D eigenvalue weighted by Crippen LogP contribution is 2.28. The first-order valence-electron chi connectivity index (χ1n) is 8.52. The fraction of sp³-hybridized carbons (Fsp3) is 0.529. The molecule has 0 radical (unpaired) electrons. The van der Waals surface area contributed by atoms with Gasteiger partial charge >= 0.3 is 0 Å². The molecule has 2 aliphatic heterocycles. The van der Waals surface area contributed by atoms with E-state index >= 15 is 0 Å². The molecular weight excluding hydrogens is 358 g/mol. The minimum absolute atomic E-state index is 0. The molecule has 2 saturated heterocycles. The zero-order chi connectivity index (χ0) is 16.2. The molecule has 0 amide bonds. The molecule has 4 rings (SSSR count). The molecule has 2 aromatic rings.